The van der Waals surface area contributed by atoms with Crippen molar-refractivity contribution in [1.29, 1.82) is 0 Å². The van der Waals surface area contributed by atoms with Crippen LogP contribution in [0, 0.1) is 0 Å². The maximum atomic E-state index is 6.31. The molecule has 0 bridgehead atoms. The Balaban J connectivity index is 1.85. The first kappa shape index (κ1) is 26.0. The lowest BCUT2D eigenvalue weighted by molar-refractivity contribution is 0.323. The van der Waals surface area contributed by atoms with E-state index in [9.17, 15) is 0 Å². The highest BCUT2D eigenvalue weighted by molar-refractivity contribution is 5.84. The smallest absolute Gasteiger partial charge is 0.203 e. The molecule has 0 fully saturated rings. The van der Waals surface area contributed by atoms with E-state index in [0.29, 0.717) is 53.5 Å². The molecule has 0 aromatic heterocycles. The molecule has 0 amide bonds. The number of guanidine groups is 1. The van der Waals surface area contributed by atoms with Crippen LogP contribution in [0.5, 0.6) is 34.5 Å². The van der Waals surface area contributed by atoms with E-state index in [-0.39, 0.29) is 6.04 Å². The Labute approximate surface area is 217 Å². The lowest BCUT2D eigenvalue weighted by Crippen LogP contribution is -2.43. The van der Waals surface area contributed by atoms with Crippen LogP contribution in [0.4, 0.5) is 0 Å². The van der Waals surface area contributed by atoms with E-state index in [4.69, 9.17) is 39.1 Å². The number of aliphatic imine (C=N–C) groups is 1. The van der Waals surface area contributed by atoms with E-state index in [2.05, 4.69) is 23.3 Å². The van der Waals surface area contributed by atoms with Crippen LogP contribution in [0.25, 0.3) is 6.08 Å². The molecule has 0 spiro atoms. The highest BCUT2D eigenvalue weighted by atomic mass is 16.5. The van der Waals surface area contributed by atoms with E-state index in [1.807, 2.05) is 24.3 Å². The van der Waals surface area contributed by atoms with Crippen molar-refractivity contribution in [3.05, 3.63) is 52.2 Å². The fourth-order valence-corrected chi connectivity index (χ4v) is 4.80. The first-order valence-electron chi connectivity index (χ1n) is 11.7. The van der Waals surface area contributed by atoms with Gasteiger partial charge < -0.3 is 39.5 Å². The van der Waals surface area contributed by atoms with Crippen LogP contribution in [0.3, 0.4) is 0 Å². The molecule has 4 rings (SSSR count). The molecule has 0 radical (unpaired) electrons. The lowest BCUT2D eigenvalue weighted by atomic mass is 9.89. The van der Waals surface area contributed by atoms with Crippen LogP contribution in [-0.4, -0.2) is 73.7 Å². The molecular weight excluding hydrogens is 476 g/mol. The predicted octanol–water partition coefficient (Wildman–Crippen LogP) is 2.98. The summed E-state index contributed by atoms with van der Waals surface area (Å²) < 4.78 is 33.2. The number of benzene rings is 2. The van der Waals surface area contributed by atoms with Crippen molar-refractivity contribution in [3.8, 4) is 34.5 Å². The second kappa shape index (κ2) is 10.9. The molecule has 0 saturated carbocycles. The van der Waals surface area contributed by atoms with Crippen molar-refractivity contribution in [1.82, 2.24) is 10.2 Å². The monoisotopic (exact) mass is 510 g/mol. The fraction of sp³-hybridized carbons (Fsp3) is 0.370. The third-order valence-corrected chi connectivity index (χ3v) is 6.40. The summed E-state index contributed by atoms with van der Waals surface area (Å²) in [5.41, 5.74) is 11.2. The van der Waals surface area contributed by atoms with Gasteiger partial charge in [0.1, 0.15) is 6.04 Å². The number of hydrogen-bond donors (Lipinski definition) is 2. The summed E-state index contributed by atoms with van der Waals surface area (Å²) in [6, 6.07) is 7.32. The number of nitrogens with two attached hydrogens (primary N) is 1. The maximum absolute atomic E-state index is 6.31. The van der Waals surface area contributed by atoms with Crippen LogP contribution in [0.2, 0.25) is 0 Å². The topological polar surface area (TPSA) is 109 Å². The average Bonchev–Trinajstić information content (AvgIpc) is 2.91. The zero-order valence-electron chi connectivity index (χ0n) is 22.3. The molecule has 3 N–H and O–H groups in total. The Morgan fingerprint density at radius 3 is 1.81 bits per heavy atom. The zero-order valence-corrected chi connectivity index (χ0v) is 22.3. The average molecular weight is 511 g/mol. The van der Waals surface area contributed by atoms with E-state index >= 15 is 0 Å². The minimum Gasteiger partial charge on any atom is -0.493 e. The molecule has 1 atom stereocenters. The van der Waals surface area contributed by atoms with E-state index in [1.54, 1.807) is 42.7 Å². The van der Waals surface area contributed by atoms with Gasteiger partial charge in [0.15, 0.2) is 29.0 Å². The molecule has 2 aromatic carbocycles. The summed E-state index contributed by atoms with van der Waals surface area (Å²) in [7, 11) is 11.6. The summed E-state index contributed by atoms with van der Waals surface area (Å²) in [5.74, 6) is 3.69. The van der Waals surface area contributed by atoms with Crippen LogP contribution < -0.4 is 39.5 Å². The number of hydrogen-bond acceptors (Lipinski definition) is 10. The highest BCUT2D eigenvalue weighted by Gasteiger charge is 2.32. The molecule has 10 nitrogen and oxygen atoms in total. The summed E-state index contributed by atoms with van der Waals surface area (Å²) in [4.78, 5) is 6.99. The van der Waals surface area contributed by atoms with Gasteiger partial charge >= 0.3 is 0 Å². The predicted molar refractivity (Wildman–Crippen MR) is 142 cm³/mol. The fourth-order valence-electron chi connectivity index (χ4n) is 4.80. The van der Waals surface area contributed by atoms with Gasteiger partial charge in [-0.25, -0.2) is 4.99 Å². The minimum atomic E-state index is -0.337. The summed E-state index contributed by atoms with van der Waals surface area (Å²) in [5, 5.41) is 3.31. The lowest BCUT2D eigenvalue weighted by Gasteiger charge is -2.36. The number of methoxy groups -OCH3 is 6. The Morgan fingerprint density at radius 2 is 1.32 bits per heavy atom. The number of rotatable bonds is 8. The minimum absolute atomic E-state index is 0.331. The van der Waals surface area contributed by atoms with E-state index in [0.717, 1.165) is 28.0 Å². The quantitative estimate of drug-likeness (QED) is 0.554. The van der Waals surface area contributed by atoms with Crippen molar-refractivity contribution >= 4 is 12.0 Å². The molecule has 198 valence electrons. The highest BCUT2D eigenvalue weighted by Crippen LogP contribution is 2.44. The SMILES string of the molecule is COc1cc(/C=C2\CN(C)CC3=C2NC(N)=NC3c2cc(OC)c(OC)c(OC)c2)cc(OC)c1OC. The van der Waals surface area contributed by atoms with Gasteiger partial charge in [-0.15, -0.1) is 0 Å². The molecule has 0 aliphatic carbocycles. The van der Waals surface area contributed by atoms with Gasteiger partial charge in [0.25, 0.3) is 0 Å². The van der Waals surface area contributed by atoms with Crippen molar-refractivity contribution in [3.63, 3.8) is 0 Å². The van der Waals surface area contributed by atoms with Crippen LogP contribution in [0.1, 0.15) is 17.2 Å². The van der Waals surface area contributed by atoms with E-state index < -0.39 is 0 Å². The van der Waals surface area contributed by atoms with E-state index in [1.165, 1.54) is 0 Å². The van der Waals surface area contributed by atoms with Crippen LogP contribution >= 0.6 is 0 Å². The molecular formula is C27H34N4O6. The maximum Gasteiger partial charge on any atom is 0.203 e. The largest absolute Gasteiger partial charge is 0.493 e. The number of likely N-dealkylation sites (N-methyl/N-ethyl adjacent to an activating group) is 1. The second-order valence-corrected chi connectivity index (χ2v) is 8.70. The molecule has 2 aromatic rings. The molecule has 1 unspecified atom stereocenters. The number of nitrogens with one attached hydrogen (secondary N) is 1. The molecule has 37 heavy (non-hydrogen) atoms. The molecule has 0 saturated heterocycles. The first-order chi connectivity index (χ1) is 17.9. The van der Waals surface area contributed by atoms with Crippen LogP contribution in [0.15, 0.2) is 46.1 Å². The first-order valence-corrected chi connectivity index (χ1v) is 11.7. The Bertz CT molecular complexity index is 1220. The standard InChI is InChI=1S/C27H34N4O6/c1-31-13-17(8-15-9-19(32-2)25(36-6)20(10-15)33-3)24-18(14-31)23(29-27(28)30-24)16-11-21(34-4)26(37-7)22(12-16)35-5/h8-12,23H,13-14H2,1-7H3,(H3,28,29,30)/b17-8+. The Kier molecular flexibility index (Phi) is 7.68. The van der Waals surface area contributed by atoms with Crippen molar-refractivity contribution < 1.29 is 28.4 Å². The van der Waals surface area contributed by atoms with Gasteiger partial charge in [0.05, 0.1) is 42.7 Å². The third-order valence-electron chi connectivity index (χ3n) is 6.40. The Morgan fingerprint density at radius 1 is 0.811 bits per heavy atom. The van der Waals surface area contributed by atoms with Crippen LogP contribution in [-0.2, 0) is 0 Å². The normalized spacial score (nSPS) is 18.5. The molecule has 10 heteroatoms. The van der Waals surface area contributed by atoms with Crippen molar-refractivity contribution in [2.45, 2.75) is 6.04 Å². The van der Waals surface area contributed by atoms with Gasteiger partial charge in [0, 0.05) is 18.8 Å². The second-order valence-electron chi connectivity index (χ2n) is 8.70. The number of nitrogens with zero attached hydrogens (tertiary/aromatic N) is 2. The third kappa shape index (κ3) is 4.97. The summed E-state index contributed by atoms with van der Waals surface area (Å²) in [6.45, 7) is 1.41. The number of ether oxygens (including phenoxy) is 6. The van der Waals surface area contributed by atoms with Gasteiger partial charge in [0.2, 0.25) is 11.5 Å². The molecule has 2 heterocycles. The van der Waals surface area contributed by atoms with Gasteiger partial charge in [-0.05, 0) is 59.7 Å². The zero-order chi connectivity index (χ0) is 26.7. The van der Waals surface area contributed by atoms with Crippen molar-refractivity contribution in [2.75, 3.05) is 62.8 Å². The summed E-state index contributed by atoms with van der Waals surface area (Å²) >= 11 is 0. The van der Waals surface area contributed by atoms with Gasteiger partial charge in [-0.2, -0.15) is 0 Å². The van der Waals surface area contributed by atoms with Gasteiger partial charge in [-0.1, -0.05) is 0 Å². The molecule has 2 aliphatic heterocycles. The Hall–Kier alpha value is -4.05. The van der Waals surface area contributed by atoms with Gasteiger partial charge in [-0.3, -0.25) is 4.90 Å². The summed E-state index contributed by atoms with van der Waals surface area (Å²) in [6.07, 6.45) is 2.09. The molecule has 2 aliphatic rings. The van der Waals surface area contributed by atoms with Crippen molar-refractivity contribution in [2.24, 2.45) is 10.7 Å².